The first-order valence-corrected chi connectivity index (χ1v) is 7.72. The molecule has 1 N–H and O–H groups in total. The fourth-order valence-corrected chi connectivity index (χ4v) is 2.67. The third-order valence-electron chi connectivity index (χ3n) is 3.72. The summed E-state index contributed by atoms with van der Waals surface area (Å²) in [5, 5.41) is 7.98. The van der Waals surface area contributed by atoms with Crippen molar-refractivity contribution in [3.8, 4) is 0 Å². The molecule has 0 aromatic carbocycles. The Kier molecular flexibility index (Phi) is 7.06. The third-order valence-corrected chi connectivity index (χ3v) is 3.72. The molecule has 4 heteroatoms. The lowest BCUT2D eigenvalue weighted by molar-refractivity contribution is 0.325. The SMILES string of the molecule is CCNC(Cc1ncnn1CC(C)C)C(CC)CC. The molecule has 1 aromatic rings. The van der Waals surface area contributed by atoms with Crippen molar-refractivity contribution >= 4 is 0 Å². The zero-order valence-corrected chi connectivity index (χ0v) is 13.2. The van der Waals surface area contributed by atoms with Gasteiger partial charge in [0.05, 0.1) is 0 Å². The summed E-state index contributed by atoms with van der Waals surface area (Å²) in [5.74, 6) is 2.43. The average molecular weight is 266 g/mol. The number of nitrogens with one attached hydrogen (secondary N) is 1. The Morgan fingerprint density at radius 1 is 1.21 bits per heavy atom. The van der Waals surface area contributed by atoms with Crippen LogP contribution in [0.15, 0.2) is 6.33 Å². The number of aromatic nitrogens is 3. The predicted octanol–water partition coefficient (Wildman–Crippen LogP) is 2.89. The first-order valence-electron chi connectivity index (χ1n) is 7.72. The zero-order chi connectivity index (χ0) is 14.3. The van der Waals surface area contributed by atoms with Gasteiger partial charge in [-0.25, -0.2) is 9.67 Å². The quantitative estimate of drug-likeness (QED) is 0.747. The first-order chi connectivity index (χ1) is 9.12. The Bertz CT molecular complexity index is 342. The molecule has 1 heterocycles. The maximum absolute atomic E-state index is 4.45. The summed E-state index contributed by atoms with van der Waals surface area (Å²) in [6, 6.07) is 0.509. The van der Waals surface area contributed by atoms with E-state index in [9.17, 15) is 0 Å². The van der Waals surface area contributed by atoms with E-state index in [2.05, 4.69) is 54.7 Å². The van der Waals surface area contributed by atoms with E-state index in [1.807, 2.05) is 0 Å². The summed E-state index contributed by atoms with van der Waals surface area (Å²) >= 11 is 0. The lowest BCUT2D eigenvalue weighted by Gasteiger charge is -2.26. The maximum atomic E-state index is 4.45. The summed E-state index contributed by atoms with van der Waals surface area (Å²) in [4.78, 5) is 4.45. The summed E-state index contributed by atoms with van der Waals surface area (Å²) in [7, 11) is 0. The third kappa shape index (κ3) is 4.94. The summed E-state index contributed by atoms with van der Waals surface area (Å²) in [6.07, 6.45) is 5.10. The molecule has 0 aliphatic rings. The molecule has 0 bridgehead atoms. The van der Waals surface area contributed by atoms with E-state index in [4.69, 9.17) is 0 Å². The van der Waals surface area contributed by atoms with Crippen LogP contribution in [0, 0.1) is 11.8 Å². The zero-order valence-electron chi connectivity index (χ0n) is 13.2. The fraction of sp³-hybridized carbons (Fsp3) is 0.867. The molecule has 1 unspecified atom stereocenters. The lowest BCUT2D eigenvalue weighted by Crippen LogP contribution is -2.38. The molecule has 1 atom stereocenters. The second kappa shape index (κ2) is 8.31. The van der Waals surface area contributed by atoms with Gasteiger partial charge in [0.2, 0.25) is 0 Å². The molecule has 0 spiro atoms. The molecule has 0 saturated heterocycles. The van der Waals surface area contributed by atoms with Gasteiger partial charge >= 0.3 is 0 Å². The minimum absolute atomic E-state index is 0.509. The highest BCUT2D eigenvalue weighted by atomic mass is 15.3. The van der Waals surface area contributed by atoms with Crippen LogP contribution in [0.25, 0.3) is 0 Å². The number of hydrogen-bond acceptors (Lipinski definition) is 3. The Morgan fingerprint density at radius 2 is 1.89 bits per heavy atom. The Balaban J connectivity index is 2.75. The molecule has 4 nitrogen and oxygen atoms in total. The molecule has 0 saturated carbocycles. The Morgan fingerprint density at radius 3 is 2.42 bits per heavy atom. The lowest BCUT2D eigenvalue weighted by atomic mass is 9.91. The van der Waals surface area contributed by atoms with Gasteiger partial charge in [-0.15, -0.1) is 0 Å². The highest BCUT2D eigenvalue weighted by Crippen LogP contribution is 2.17. The molecule has 1 aromatic heterocycles. The van der Waals surface area contributed by atoms with Crippen molar-refractivity contribution < 1.29 is 0 Å². The Labute approximate surface area is 118 Å². The van der Waals surface area contributed by atoms with Gasteiger partial charge in [-0.2, -0.15) is 5.10 Å². The van der Waals surface area contributed by atoms with Crippen LogP contribution in [0.2, 0.25) is 0 Å². The standard InChI is InChI=1S/C15H30N4/c1-6-13(7-2)14(16-8-3)9-15-17-11-18-19(15)10-12(4)5/h11-14,16H,6-10H2,1-5H3. The van der Waals surface area contributed by atoms with Crippen LogP contribution < -0.4 is 5.32 Å². The van der Waals surface area contributed by atoms with Crippen LogP contribution in [-0.4, -0.2) is 27.4 Å². The van der Waals surface area contributed by atoms with E-state index >= 15 is 0 Å². The molecule has 110 valence electrons. The van der Waals surface area contributed by atoms with Gasteiger partial charge < -0.3 is 5.32 Å². The minimum Gasteiger partial charge on any atom is -0.314 e. The smallest absolute Gasteiger partial charge is 0.138 e. The molecule has 0 fully saturated rings. The van der Waals surface area contributed by atoms with Gasteiger partial charge in [0.1, 0.15) is 12.2 Å². The van der Waals surface area contributed by atoms with Crippen LogP contribution in [0.4, 0.5) is 0 Å². The normalized spacial score (nSPS) is 13.4. The van der Waals surface area contributed by atoms with E-state index in [0.29, 0.717) is 17.9 Å². The van der Waals surface area contributed by atoms with E-state index in [1.165, 1.54) is 12.8 Å². The van der Waals surface area contributed by atoms with Crippen molar-refractivity contribution in [3.63, 3.8) is 0 Å². The predicted molar refractivity (Wildman–Crippen MR) is 80.1 cm³/mol. The molecular weight excluding hydrogens is 236 g/mol. The van der Waals surface area contributed by atoms with Crippen LogP contribution in [-0.2, 0) is 13.0 Å². The van der Waals surface area contributed by atoms with Crippen LogP contribution >= 0.6 is 0 Å². The summed E-state index contributed by atoms with van der Waals surface area (Å²) < 4.78 is 2.07. The van der Waals surface area contributed by atoms with Crippen molar-refractivity contribution in [3.05, 3.63) is 12.2 Å². The van der Waals surface area contributed by atoms with Gasteiger partial charge in [0.25, 0.3) is 0 Å². The number of rotatable bonds is 9. The number of nitrogens with zero attached hydrogens (tertiary/aromatic N) is 3. The van der Waals surface area contributed by atoms with Gasteiger partial charge in [0, 0.05) is 19.0 Å². The highest BCUT2D eigenvalue weighted by Gasteiger charge is 2.20. The van der Waals surface area contributed by atoms with E-state index < -0.39 is 0 Å². The van der Waals surface area contributed by atoms with E-state index in [1.54, 1.807) is 6.33 Å². The largest absolute Gasteiger partial charge is 0.314 e. The van der Waals surface area contributed by atoms with Crippen molar-refractivity contribution in [1.82, 2.24) is 20.1 Å². The van der Waals surface area contributed by atoms with Crippen molar-refractivity contribution in [2.45, 2.75) is 66.5 Å². The first kappa shape index (κ1) is 16.2. The van der Waals surface area contributed by atoms with Crippen molar-refractivity contribution in [2.75, 3.05) is 6.54 Å². The fourth-order valence-electron chi connectivity index (χ4n) is 2.67. The number of likely N-dealkylation sites (N-methyl/N-ethyl adjacent to an activating group) is 1. The topological polar surface area (TPSA) is 42.7 Å². The molecule has 0 amide bonds. The summed E-state index contributed by atoms with van der Waals surface area (Å²) in [6.45, 7) is 13.1. The van der Waals surface area contributed by atoms with E-state index in [-0.39, 0.29) is 0 Å². The highest BCUT2D eigenvalue weighted by molar-refractivity contribution is 4.92. The molecule has 1 rings (SSSR count). The second-order valence-electron chi connectivity index (χ2n) is 5.70. The van der Waals surface area contributed by atoms with Crippen molar-refractivity contribution in [1.29, 1.82) is 0 Å². The van der Waals surface area contributed by atoms with E-state index in [0.717, 1.165) is 25.3 Å². The second-order valence-corrected chi connectivity index (χ2v) is 5.70. The van der Waals surface area contributed by atoms with Gasteiger partial charge in [-0.05, 0) is 18.4 Å². The van der Waals surface area contributed by atoms with Crippen LogP contribution in [0.5, 0.6) is 0 Å². The average Bonchev–Trinajstić information content (AvgIpc) is 2.77. The van der Waals surface area contributed by atoms with Crippen LogP contribution in [0.1, 0.15) is 53.3 Å². The molecular formula is C15H30N4. The Hall–Kier alpha value is -0.900. The monoisotopic (exact) mass is 266 g/mol. The molecule has 19 heavy (non-hydrogen) atoms. The molecule has 0 aliphatic heterocycles. The van der Waals surface area contributed by atoms with Gasteiger partial charge in [-0.3, -0.25) is 0 Å². The van der Waals surface area contributed by atoms with Gasteiger partial charge in [-0.1, -0.05) is 47.5 Å². The number of hydrogen-bond donors (Lipinski definition) is 1. The minimum atomic E-state index is 0.509. The maximum Gasteiger partial charge on any atom is 0.138 e. The molecule has 0 radical (unpaired) electrons. The summed E-state index contributed by atoms with van der Waals surface area (Å²) in [5.41, 5.74) is 0. The molecule has 0 aliphatic carbocycles. The van der Waals surface area contributed by atoms with Gasteiger partial charge in [0.15, 0.2) is 0 Å². The van der Waals surface area contributed by atoms with Crippen LogP contribution in [0.3, 0.4) is 0 Å². The van der Waals surface area contributed by atoms with Crippen molar-refractivity contribution in [2.24, 2.45) is 11.8 Å².